The molecular formula is C10H13IN2. The van der Waals surface area contributed by atoms with E-state index in [9.17, 15) is 0 Å². The van der Waals surface area contributed by atoms with Gasteiger partial charge in [-0.1, -0.05) is 18.2 Å². The number of nitrogens with two attached hydrogens (primary N) is 1. The van der Waals surface area contributed by atoms with Crippen LogP contribution in [-0.4, -0.2) is 0 Å². The molecule has 0 bridgehead atoms. The third-order valence-corrected chi connectivity index (χ3v) is 3.50. The lowest BCUT2D eigenvalue weighted by Gasteiger charge is -2.16. The summed E-state index contributed by atoms with van der Waals surface area (Å²) in [6.07, 6.45) is 2.61. The number of rotatable bonds is 3. The van der Waals surface area contributed by atoms with Crippen LogP contribution < -0.4 is 11.3 Å². The van der Waals surface area contributed by atoms with Crippen molar-refractivity contribution in [2.45, 2.75) is 18.9 Å². The molecule has 13 heavy (non-hydrogen) atoms. The number of hydrogen-bond acceptors (Lipinski definition) is 2. The van der Waals surface area contributed by atoms with Crippen LogP contribution in [0, 0.1) is 9.49 Å². The zero-order chi connectivity index (χ0) is 9.26. The van der Waals surface area contributed by atoms with Crippen LogP contribution in [0.25, 0.3) is 0 Å². The van der Waals surface area contributed by atoms with Crippen molar-refractivity contribution in [2.24, 2.45) is 11.8 Å². The van der Waals surface area contributed by atoms with E-state index in [-0.39, 0.29) is 0 Å². The molecule has 1 saturated carbocycles. The molecule has 1 fully saturated rings. The zero-order valence-electron chi connectivity index (χ0n) is 7.33. The van der Waals surface area contributed by atoms with Gasteiger partial charge in [-0.25, -0.2) is 0 Å². The van der Waals surface area contributed by atoms with Gasteiger partial charge in [-0.05, 0) is 53.0 Å². The highest BCUT2D eigenvalue weighted by Gasteiger charge is 2.32. The Morgan fingerprint density at radius 3 is 2.62 bits per heavy atom. The Morgan fingerprint density at radius 2 is 2.08 bits per heavy atom. The quantitative estimate of drug-likeness (QED) is 0.508. The van der Waals surface area contributed by atoms with Crippen molar-refractivity contribution in [3.8, 4) is 0 Å². The van der Waals surface area contributed by atoms with Crippen molar-refractivity contribution in [1.29, 1.82) is 0 Å². The molecule has 0 spiro atoms. The van der Waals surface area contributed by atoms with Gasteiger partial charge in [-0.3, -0.25) is 11.3 Å². The van der Waals surface area contributed by atoms with Gasteiger partial charge in [0.05, 0.1) is 0 Å². The largest absolute Gasteiger partial charge is 0.271 e. The predicted molar refractivity (Wildman–Crippen MR) is 61.9 cm³/mol. The summed E-state index contributed by atoms with van der Waals surface area (Å²) in [6.45, 7) is 0. The molecule has 3 N–H and O–H groups in total. The van der Waals surface area contributed by atoms with Crippen LogP contribution in [0.1, 0.15) is 24.4 Å². The van der Waals surface area contributed by atoms with Gasteiger partial charge in [-0.15, -0.1) is 0 Å². The van der Waals surface area contributed by atoms with Crippen LogP contribution in [0.15, 0.2) is 24.3 Å². The summed E-state index contributed by atoms with van der Waals surface area (Å²) in [5.41, 5.74) is 4.26. The Balaban J connectivity index is 2.26. The zero-order valence-corrected chi connectivity index (χ0v) is 9.49. The van der Waals surface area contributed by atoms with Gasteiger partial charge in [0.1, 0.15) is 0 Å². The van der Waals surface area contributed by atoms with Gasteiger partial charge >= 0.3 is 0 Å². The summed E-state index contributed by atoms with van der Waals surface area (Å²) in [7, 11) is 0. The summed E-state index contributed by atoms with van der Waals surface area (Å²) >= 11 is 2.36. The Hall–Kier alpha value is -0.130. The van der Waals surface area contributed by atoms with E-state index < -0.39 is 0 Å². The third kappa shape index (κ3) is 2.03. The smallest absolute Gasteiger partial charge is 0.0498 e. The lowest BCUT2D eigenvalue weighted by atomic mass is 10.0. The van der Waals surface area contributed by atoms with Gasteiger partial charge in [-0.2, -0.15) is 0 Å². The molecule has 0 aliphatic heterocycles. The van der Waals surface area contributed by atoms with E-state index in [1.807, 2.05) is 0 Å². The summed E-state index contributed by atoms with van der Waals surface area (Å²) < 4.78 is 1.30. The first-order chi connectivity index (χ1) is 6.33. The molecule has 3 heteroatoms. The van der Waals surface area contributed by atoms with E-state index in [0.29, 0.717) is 6.04 Å². The molecular weight excluding hydrogens is 275 g/mol. The van der Waals surface area contributed by atoms with Crippen molar-refractivity contribution in [3.05, 3.63) is 33.4 Å². The van der Waals surface area contributed by atoms with Gasteiger partial charge in [0.25, 0.3) is 0 Å². The highest BCUT2D eigenvalue weighted by molar-refractivity contribution is 14.1. The molecule has 0 radical (unpaired) electrons. The monoisotopic (exact) mass is 288 g/mol. The Morgan fingerprint density at radius 1 is 1.38 bits per heavy atom. The van der Waals surface area contributed by atoms with Crippen molar-refractivity contribution < 1.29 is 0 Å². The highest BCUT2D eigenvalue weighted by atomic mass is 127. The fraction of sp³-hybridized carbons (Fsp3) is 0.400. The van der Waals surface area contributed by atoms with Gasteiger partial charge in [0.15, 0.2) is 0 Å². The lowest BCUT2D eigenvalue weighted by Crippen LogP contribution is -2.29. The first kappa shape index (κ1) is 9.43. The molecule has 1 unspecified atom stereocenters. The SMILES string of the molecule is NNC(c1ccccc1I)C1CC1. The lowest BCUT2D eigenvalue weighted by molar-refractivity contribution is 0.495. The van der Waals surface area contributed by atoms with Gasteiger partial charge in [0.2, 0.25) is 0 Å². The van der Waals surface area contributed by atoms with Crippen molar-refractivity contribution in [2.75, 3.05) is 0 Å². The fourth-order valence-corrected chi connectivity index (χ4v) is 2.36. The second-order valence-corrected chi connectivity index (χ2v) is 4.67. The van der Waals surface area contributed by atoms with E-state index in [0.717, 1.165) is 5.92 Å². The second-order valence-electron chi connectivity index (χ2n) is 3.50. The summed E-state index contributed by atoms with van der Waals surface area (Å²) in [6, 6.07) is 8.77. The molecule has 70 valence electrons. The Kier molecular flexibility index (Phi) is 2.86. The molecule has 1 atom stereocenters. The maximum atomic E-state index is 5.56. The molecule has 1 aliphatic carbocycles. The van der Waals surface area contributed by atoms with E-state index >= 15 is 0 Å². The maximum absolute atomic E-state index is 5.56. The minimum atomic E-state index is 0.355. The van der Waals surface area contributed by atoms with E-state index in [4.69, 9.17) is 5.84 Å². The normalized spacial score (nSPS) is 18.6. The van der Waals surface area contributed by atoms with E-state index in [1.54, 1.807) is 0 Å². The summed E-state index contributed by atoms with van der Waals surface area (Å²) in [4.78, 5) is 0. The minimum absolute atomic E-state index is 0.355. The average Bonchev–Trinajstić information content (AvgIpc) is 2.93. The Bertz CT molecular complexity index is 297. The molecule has 0 amide bonds. The molecule has 1 aromatic rings. The minimum Gasteiger partial charge on any atom is -0.271 e. The van der Waals surface area contributed by atoms with Crippen molar-refractivity contribution in [1.82, 2.24) is 5.43 Å². The average molecular weight is 288 g/mol. The molecule has 2 nitrogen and oxygen atoms in total. The molecule has 1 aromatic carbocycles. The number of nitrogens with one attached hydrogen (secondary N) is 1. The third-order valence-electron chi connectivity index (χ3n) is 2.51. The summed E-state index contributed by atoms with van der Waals surface area (Å²) in [5, 5.41) is 0. The molecule has 2 rings (SSSR count). The van der Waals surface area contributed by atoms with Crippen LogP contribution in [-0.2, 0) is 0 Å². The van der Waals surface area contributed by atoms with Gasteiger partial charge < -0.3 is 0 Å². The van der Waals surface area contributed by atoms with Crippen LogP contribution in [0.2, 0.25) is 0 Å². The predicted octanol–water partition coefficient (Wildman–Crippen LogP) is 2.21. The number of halogens is 1. The van der Waals surface area contributed by atoms with Crippen LogP contribution >= 0.6 is 22.6 Å². The molecule has 0 aromatic heterocycles. The molecule has 0 saturated heterocycles. The van der Waals surface area contributed by atoms with E-state index in [1.165, 1.54) is 22.0 Å². The number of benzene rings is 1. The van der Waals surface area contributed by atoms with Crippen LogP contribution in [0.4, 0.5) is 0 Å². The molecule has 1 aliphatic rings. The van der Waals surface area contributed by atoms with Gasteiger partial charge in [0, 0.05) is 9.61 Å². The number of hydrazine groups is 1. The van der Waals surface area contributed by atoms with Crippen molar-refractivity contribution >= 4 is 22.6 Å². The standard InChI is InChI=1S/C10H13IN2/c11-9-4-2-1-3-8(9)10(13-12)7-5-6-7/h1-4,7,10,13H,5-6,12H2. The highest BCUT2D eigenvalue weighted by Crippen LogP contribution is 2.41. The summed E-state index contributed by atoms with van der Waals surface area (Å²) in [5.74, 6) is 6.31. The van der Waals surface area contributed by atoms with E-state index in [2.05, 4.69) is 52.3 Å². The number of hydrogen-bond donors (Lipinski definition) is 2. The first-order valence-corrected chi connectivity index (χ1v) is 5.61. The fourth-order valence-electron chi connectivity index (χ4n) is 1.64. The maximum Gasteiger partial charge on any atom is 0.0498 e. The Labute approximate surface area is 92.0 Å². The van der Waals surface area contributed by atoms with Crippen LogP contribution in [0.5, 0.6) is 0 Å². The second kappa shape index (κ2) is 3.94. The molecule has 0 heterocycles. The van der Waals surface area contributed by atoms with Crippen molar-refractivity contribution in [3.63, 3.8) is 0 Å². The topological polar surface area (TPSA) is 38.0 Å². The first-order valence-electron chi connectivity index (χ1n) is 4.53. The van der Waals surface area contributed by atoms with Crippen LogP contribution in [0.3, 0.4) is 0 Å².